The monoisotopic (exact) mass is 342 g/mol. The highest BCUT2D eigenvalue weighted by Gasteiger charge is 2.22. The highest BCUT2D eigenvalue weighted by Crippen LogP contribution is 2.24. The average molecular weight is 344 g/mol. The van der Waals surface area contributed by atoms with Gasteiger partial charge in [-0.05, 0) is 27.5 Å². The van der Waals surface area contributed by atoms with Gasteiger partial charge in [0.15, 0.2) is 5.15 Å². The smallest absolute Gasteiger partial charge is 0.313 e. The number of amides is 1. The summed E-state index contributed by atoms with van der Waals surface area (Å²) in [5.41, 5.74) is 0. The molecule has 0 atom stereocenters. The van der Waals surface area contributed by atoms with E-state index < -0.39 is 6.09 Å². The number of aromatic nitrogens is 2. The third kappa shape index (κ3) is 2.85. The van der Waals surface area contributed by atoms with E-state index in [1.54, 1.807) is 4.90 Å². The third-order valence-electron chi connectivity index (χ3n) is 2.25. The fourth-order valence-electron chi connectivity index (χ4n) is 1.40. The van der Waals surface area contributed by atoms with E-state index in [0.717, 1.165) is 17.8 Å². The second-order valence-electron chi connectivity index (χ2n) is 3.35. The molecule has 2 heterocycles. The Morgan fingerprint density at radius 2 is 2.06 bits per heavy atom. The summed E-state index contributed by atoms with van der Waals surface area (Å²) in [6.07, 6.45) is -0.500. The first kappa shape index (κ1) is 12.9. The van der Waals surface area contributed by atoms with Crippen molar-refractivity contribution in [2.45, 2.75) is 0 Å². The number of nitrogens with zero attached hydrogens (tertiary/aromatic N) is 3. The van der Waals surface area contributed by atoms with Crippen molar-refractivity contribution in [3.8, 4) is 0 Å². The molecule has 1 saturated heterocycles. The van der Waals surface area contributed by atoms with Crippen LogP contribution in [-0.4, -0.2) is 46.9 Å². The van der Waals surface area contributed by atoms with E-state index in [1.165, 1.54) is 0 Å². The summed E-state index contributed by atoms with van der Waals surface area (Å²) >= 11 is 14.7. The van der Waals surface area contributed by atoms with Gasteiger partial charge in [0, 0.05) is 26.2 Å². The summed E-state index contributed by atoms with van der Waals surface area (Å²) in [6.45, 7) is 2.66. The van der Waals surface area contributed by atoms with Crippen molar-refractivity contribution >= 4 is 45.2 Å². The lowest BCUT2D eigenvalue weighted by Gasteiger charge is -2.26. The molecule has 94 valence electrons. The molecule has 1 aliphatic heterocycles. The van der Waals surface area contributed by atoms with Crippen LogP contribution in [0.3, 0.4) is 0 Å². The van der Waals surface area contributed by atoms with Gasteiger partial charge in [0.1, 0.15) is 4.60 Å². The van der Waals surface area contributed by atoms with E-state index >= 15 is 0 Å². The Morgan fingerprint density at radius 3 is 2.59 bits per heavy atom. The Hall–Kier alpha value is -0.500. The normalized spacial score (nSPS) is 16.1. The predicted molar refractivity (Wildman–Crippen MR) is 66.4 cm³/mol. The van der Waals surface area contributed by atoms with E-state index in [1.807, 2.05) is 0 Å². The maximum Gasteiger partial charge on any atom is 0.434 e. The zero-order valence-corrected chi connectivity index (χ0v) is 11.7. The van der Waals surface area contributed by atoms with Gasteiger partial charge in [-0.1, -0.05) is 11.6 Å². The van der Waals surface area contributed by atoms with Crippen LogP contribution >= 0.6 is 39.1 Å². The molecule has 1 fully saturated rings. The van der Waals surface area contributed by atoms with Crippen LogP contribution in [0.15, 0.2) is 4.60 Å². The summed E-state index contributed by atoms with van der Waals surface area (Å²) in [5, 5.41) is 3.25. The molecule has 1 N–H and O–H groups in total. The van der Waals surface area contributed by atoms with Crippen LogP contribution in [0.2, 0.25) is 10.4 Å². The minimum absolute atomic E-state index is 0.00893. The first-order chi connectivity index (χ1) is 8.09. The molecule has 0 spiro atoms. The molecular weight excluding hydrogens is 335 g/mol. The maximum absolute atomic E-state index is 11.8. The van der Waals surface area contributed by atoms with E-state index in [-0.39, 0.29) is 10.4 Å². The molecule has 1 aliphatic rings. The number of rotatable bonds is 1. The number of nitrogens with one attached hydrogen (secondary N) is 1. The topological polar surface area (TPSA) is 59.4 Å². The highest BCUT2D eigenvalue weighted by atomic mass is 79.9. The zero-order valence-electron chi connectivity index (χ0n) is 8.62. The highest BCUT2D eigenvalue weighted by molar-refractivity contribution is 9.10. The number of piperazine rings is 1. The molecule has 0 aliphatic carbocycles. The first-order valence-corrected chi connectivity index (χ1v) is 6.41. The second-order valence-corrected chi connectivity index (χ2v) is 4.80. The van der Waals surface area contributed by atoms with Gasteiger partial charge in [-0.15, -0.1) is 4.73 Å². The Labute approximate surface area is 116 Å². The second kappa shape index (κ2) is 5.43. The van der Waals surface area contributed by atoms with Gasteiger partial charge >= 0.3 is 6.09 Å². The van der Waals surface area contributed by atoms with Gasteiger partial charge in [-0.25, -0.2) is 9.78 Å². The lowest BCUT2D eigenvalue weighted by atomic mass is 10.4. The number of carbonyl (C=O) groups excluding carboxylic acids is 1. The first-order valence-electron chi connectivity index (χ1n) is 4.87. The van der Waals surface area contributed by atoms with Crippen molar-refractivity contribution in [2.75, 3.05) is 26.2 Å². The largest absolute Gasteiger partial charge is 0.434 e. The summed E-state index contributed by atoms with van der Waals surface area (Å²) in [5.74, 6) is 0. The van der Waals surface area contributed by atoms with E-state index in [4.69, 9.17) is 28.0 Å². The van der Waals surface area contributed by atoms with Crippen molar-refractivity contribution in [1.29, 1.82) is 0 Å². The zero-order chi connectivity index (χ0) is 12.4. The molecule has 0 radical (unpaired) electrons. The lowest BCUT2D eigenvalue weighted by Crippen LogP contribution is -2.48. The molecule has 0 saturated carbocycles. The Morgan fingerprint density at radius 1 is 1.41 bits per heavy atom. The average Bonchev–Trinajstić information content (AvgIpc) is 2.57. The van der Waals surface area contributed by atoms with Crippen molar-refractivity contribution in [2.24, 2.45) is 0 Å². The number of hydrogen-bond donors (Lipinski definition) is 1. The molecule has 0 bridgehead atoms. The molecule has 17 heavy (non-hydrogen) atoms. The van der Waals surface area contributed by atoms with Gasteiger partial charge < -0.3 is 15.1 Å². The van der Waals surface area contributed by atoms with Gasteiger partial charge in [-0.2, -0.15) is 0 Å². The summed E-state index contributed by atoms with van der Waals surface area (Å²) in [6, 6.07) is 0. The SMILES string of the molecule is O=C(On1c(Cl)nc(Br)c1Cl)N1CCNCC1. The standard InChI is InChI=1S/C8H9BrCl2N4O2/c9-5-6(10)15(7(11)13-5)17-8(16)14-3-1-12-2-4-14/h12H,1-4H2. The van der Waals surface area contributed by atoms with Crippen molar-refractivity contribution in [3.05, 3.63) is 15.0 Å². The summed E-state index contributed by atoms with van der Waals surface area (Å²) in [7, 11) is 0. The van der Waals surface area contributed by atoms with E-state index in [9.17, 15) is 4.79 Å². The van der Waals surface area contributed by atoms with Gasteiger partial charge in [0.2, 0.25) is 5.28 Å². The molecule has 1 aromatic heterocycles. The number of carbonyl (C=O) groups is 1. The number of imidazole rings is 1. The third-order valence-corrected chi connectivity index (χ3v) is 3.60. The van der Waals surface area contributed by atoms with Gasteiger partial charge in [0.05, 0.1) is 0 Å². The van der Waals surface area contributed by atoms with Crippen LogP contribution in [0, 0.1) is 0 Å². The Balaban J connectivity index is 2.07. The number of halogens is 3. The molecule has 6 nitrogen and oxygen atoms in total. The molecule has 2 rings (SSSR count). The molecule has 1 amide bonds. The van der Waals surface area contributed by atoms with Crippen molar-refractivity contribution in [1.82, 2.24) is 19.9 Å². The minimum atomic E-state index is -0.500. The quantitative estimate of drug-likeness (QED) is 0.837. The fraction of sp³-hybridized carbons (Fsp3) is 0.500. The fourth-order valence-corrected chi connectivity index (χ4v) is 2.23. The van der Waals surface area contributed by atoms with Crippen molar-refractivity contribution in [3.63, 3.8) is 0 Å². The van der Waals surface area contributed by atoms with E-state index in [0.29, 0.717) is 17.7 Å². The Kier molecular flexibility index (Phi) is 4.13. The van der Waals surface area contributed by atoms with Crippen LogP contribution in [0.5, 0.6) is 0 Å². The molecule has 0 aromatic carbocycles. The molecular formula is C8H9BrCl2N4O2. The minimum Gasteiger partial charge on any atom is -0.313 e. The number of hydrogen-bond acceptors (Lipinski definition) is 4. The lowest BCUT2D eigenvalue weighted by molar-refractivity contribution is 0.0884. The molecule has 9 heteroatoms. The van der Waals surface area contributed by atoms with Crippen LogP contribution in [0.25, 0.3) is 0 Å². The van der Waals surface area contributed by atoms with Crippen LogP contribution in [-0.2, 0) is 0 Å². The van der Waals surface area contributed by atoms with Crippen LogP contribution in [0.1, 0.15) is 0 Å². The summed E-state index contributed by atoms with van der Waals surface area (Å²) < 4.78 is 1.31. The predicted octanol–water partition coefficient (Wildman–Crippen LogP) is 1.41. The maximum atomic E-state index is 11.8. The Bertz CT molecular complexity index is 433. The van der Waals surface area contributed by atoms with Gasteiger partial charge in [0.25, 0.3) is 0 Å². The van der Waals surface area contributed by atoms with Crippen LogP contribution in [0.4, 0.5) is 4.79 Å². The van der Waals surface area contributed by atoms with Crippen LogP contribution < -0.4 is 10.2 Å². The van der Waals surface area contributed by atoms with E-state index in [2.05, 4.69) is 26.2 Å². The van der Waals surface area contributed by atoms with Gasteiger partial charge in [-0.3, -0.25) is 0 Å². The molecule has 1 aromatic rings. The van der Waals surface area contributed by atoms with Crippen molar-refractivity contribution < 1.29 is 9.63 Å². The summed E-state index contributed by atoms with van der Waals surface area (Å²) in [4.78, 5) is 22.2. The molecule has 0 unspecified atom stereocenters.